The van der Waals surface area contributed by atoms with Gasteiger partial charge in [0.05, 0.1) is 16.8 Å². The van der Waals surface area contributed by atoms with Crippen molar-refractivity contribution in [2.45, 2.75) is 19.4 Å². The first-order valence-electron chi connectivity index (χ1n) is 7.27. The highest BCUT2D eigenvalue weighted by atomic mass is 19.1. The molecule has 0 radical (unpaired) electrons. The van der Waals surface area contributed by atoms with Crippen molar-refractivity contribution in [1.82, 2.24) is 4.98 Å². The zero-order valence-electron chi connectivity index (χ0n) is 13.0. The van der Waals surface area contributed by atoms with E-state index in [1.807, 2.05) is 0 Å². The number of aliphatic hydroxyl groups is 1. The standard InChI is InChI=1S/C19H14F3NO/c1-19(2,24)8-7-14-15-9-13(21)10-16(22)18(15)23-17(14)11-3-5-12(20)6-4-11/h3-6,9-10,23-24H,1-2H3. The zero-order valence-corrected chi connectivity index (χ0v) is 13.0. The van der Waals surface area contributed by atoms with Crippen molar-refractivity contribution in [2.24, 2.45) is 0 Å². The molecule has 122 valence electrons. The van der Waals surface area contributed by atoms with E-state index in [9.17, 15) is 18.3 Å². The minimum Gasteiger partial charge on any atom is -0.378 e. The predicted molar refractivity (Wildman–Crippen MR) is 86.8 cm³/mol. The van der Waals surface area contributed by atoms with Gasteiger partial charge >= 0.3 is 0 Å². The Kier molecular flexibility index (Phi) is 3.86. The minimum atomic E-state index is -1.27. The second-order valence-electron chi connectivity index (χ2n) is 6.00. The van der Waals surface area contributed by atoms with Gasteiger partial charge in [0.1, 0.15) is 23.1 Å². The second-order valence-corrected chi connectivity index (χ2v) is 6.00. The number of aromatic nitrogens is 1. The number of halogens is 3. The molecule has 1 heterocycles. The Hall–Kier alpha value is -2.71. The summed E-state index contributed by atoms with van der Waals surface area (Å²) in [5.41, 5.74) is 0.196. The summed E-state index contributed by atoms with van der Waals surface area (Å²) in [7, 11) is 0. The molecule has 5 heteroatoms. The molecule has 0 bridgehead atoms. The van der Waals surface area contributed by atoms with Crippen LogP contribution in [0.4, 0.5) is 13.2 Å². The Balaban J connectivity index is 2.33. The SMILES string of the molecule is CC(C)(O)C#Cc1c(-c2ccc(F)cc2)[nH]c2c(F)cc(F)cc12. The molecule has 3 aromatic rings. The van der Waals surface area contributed by atoms with Crippen LogP contribution >= 0.6 is 0 Å². The van der Waals surface area contributed by atoms with Gasteiger partial charge in [-0.05, 0) is 49.7 Å². The van der Waals surface area contributed by atoms with Crippen molar-refractivity contribution in [2.75, 3.05) is 0 Å². The van der Waals surface area contributed by atoms with Crippen LogP contribution in [0.5, 0.6) is 0 Å². The predicted octanol–water partition coefficient (Wildman–Crippen LogP) is 4.37. The molecule has 0 saturated carbocycles. The first-order valence-corrected chi connectivity index (χ1v) is 7.27. The van der Waals surface area contributed by atoms with Gasteiger partial charge in [-0.3, -0.25) is 0 Å². The molecule has 0 spiro atoms. The van der Waals surface area contributed by atoms with Crippen molar-refractivity contribution in [3.8, 4) is 23.1 Å². The van der Waals surface area contributed by atoms with E-state index >= 15 is 0 Å². The summed E-state index contributed by atoms with van der Waals surface area (Å²) in [6.07, 6.45) is 0. The average molecular weight is 329 g/mol. The van der Waals surface area contributed by atoms with E-state index in [4.69, 9.17) is 0 Å². The Bertz CT molecular complexity index is 970. The topological polar surface area (TPSA) is 36.0 Å². The molecule has 2 N–H and O–H groups in total. The summed E-state index contributed by atoms with van der Waals surface area (Å²) in [5.74, 6) is 3.55. The molecule has 2 aromatic carbocycles. The van der Waals surface area contributed by atoms with Gasteiger partial charge in [-0.2, -0.15) is 0 Å². The molecular formula is C19H14F3NO. The van der Waals surface area contributed by atoms with E-state index < -0.39 is 23.1 Å². The summed E-state index contributed by atoms with van der Waals surface area (Å²) in [5, 5.41) is 10.1. The first kappa shape index (κ1) is 16.2. The number of rotatable bonds is 1. The first-order chi connectivity index (χ1) is 11.2. The summed E-state index contributed by atoms with van der Waals surface area (Å²) < 4.78 is 40.8. The molecule has 0 aliphatic rings. The quantitative estimate of drug-likeness (QED) is 0.639. The van der Waals surface area contributed by atoms with Crippen LogP contribution in [0.3, 0.4) is 0 Å². The van der Waals surface area contributed by atoms with Crippen LogP contribution in [0.15, 0.2) is 36.4 Å². The van der Waals surface area contributed by atoms with Gasteiger partial charge in [-0.25, -0.2) is 13.2 Å². The molecule has 0 unspecified atom stereocenters. The molecular weight excluding hydrogens is 315 g/mol. The number of hydrogen-bond donors (Lipinski definition) is 2. The van der Waals surface area contributed by atoms with Crippen molar-refractivity contribution in [1.29, 1.82) is 0 Å². The van der Waals surface area contributed by atoms with Gasteiger partial charge in [0.25, 0.3) is 0 Å². The highest BCUT2D eigenvalue weighted by Gasteiger charge is 2.17. The number of nitrogens with one attached hydrogen (secondary N) is 1. The fourth-order valence-electron chi connectivity index (χ4n) is 2.40. The molecule has 0 amide bonds. The van der Waals surface area contributed by atoms with E-state index in [1.54, 1.807) is 0 Å². The monoisotopic (exact) mass is 329 g/mol. The lowest BCUT2D eigenvalue weighted by atomic mass is 10.0. The third kappa shape index (κ3) is 3.15. The minimum absolute atomic E-state index is 0.107. The highest BCUT2D eigenvalue weighted by Crippen LogP contribution is 2.32. The van der Waals surface area contributed by atoms with Crippen LogP contribution in [0.1, 0.15) is 19.4 Å². The van der Waals surface area contributed by atoms with E-state index in [2.05, 4.69) is 16.8 Å². The number of benzene rings is 2. The van der Waals surface area contributed by atoms with Crippen LogP contribution in [-0.4, -0.2) is 15.7 Å². The number of H-pyrrole nitrogens is 1. The summed E-state index contributed by atoms with van der Waals surface area (Å²) in [6, 6.07) is 7.53. The molecule has 1 aromatic heterocycles. The molecule has 0 atom stereocenters. The van der Waals surface area contributed by atoms with E-state index in [1.165, 1.54) is 44.2 Å². The Morgan fingerprint density at radius 2 is 1.67 bits per heavy atom. The molecule has 0 aliphatic carbocycles. The molecule has 2 nitrogen and oxygen atoms in total. The number of aromatic amines is 1. The normalized spacial score (nSPS) is 11.4. The second kappa shape index (κ2) is 5.73. The van der Waals surface area contributed by atoms with E-state index in [-0.39, 0.29) is 10.9 Å². The molecule has 0 saturated heterocycles. The smallest absolute Gasteiger partial charge is 0.150 e. The fraction of sp³-hybridized carbons (Fsp3) is 0.158. The van der Waals surface area contributed by atoms with Gasteiger partial charge in [-0.15, -0.1) is 0 Å². The summed E-state index contributed by atoms with van der Waals surface area (Å²) >= 11 is 0. The summed E-state index contributed by atoms with van der Waals surface area (Å²) in [6.45, 7) is 3.02. The Morgan fingerprint density at radius 3 is 2.29 bits per heavy atom. The van der Waals surface area contributed by atoms with Crippen LogP contribution in [0.25, 0.3) is 22.2 Å². The maximum absolute atomic E-state index is 14.1. The van der Waals surface area contributed by atoms with Crippen molar-refractivity contribution < 1.29 is 18.3 Å². The van der Waals surface area contributed by atoms with Crippen LogP contribution in [0.2, 0.25) is 0 Å². The molecule has 3 rings (SSSR count). The molecule has 24 heavy (non-hydrogen) atoms. The maximum Gasteiger partial charge on any atom is 0.150 e. The van der Waals surface area contributed by atoms with Crippen molar-refractivity contribution in [3.63, 3.8) is 0 Å². The lowest BCUT2D eigenvalue weighted by Gasteiger charge is -2.06. The largest absolute Gasteiger partial charge is 0.378 e. The third-order valence-corrected chi connectivity index (χ3v) is 3.45. The Labute approximate surface area is 136 Å². The highest BCUT2D eigenvalue weighted by molar-refractivity contribution is 5.94. The lowest BCUT2D eigenvalue weighted by Crippen LogP contribution is -2.14. The molecule has 0 fully saturated rings. The van der Waals surface area contributed by atoms with Crippen molar-refractivity contribution >= 4 is 10.9 Å². The van der Waals surface area contributed by atoms with Gasteiger partial charge in [0.15, 0.2) is 0 Å². The fourth-order valence-corrected chi connectivity index (χ4v) is 2.40. The lowest BCUT2D eigenvalue weighted by molar-refractivity contribution is 0.143. The van der Waals surface area contributed by atoms with Gasteiger partial charge in [-0.1, -0.05) is 11.8 Å². The van der Waals surface area contributed by atoms with Gasteiger partial charge < -0.3 is 10.1 Å². The maximum atomic E-state index is 14.1. The third-order valence-electron chi connectivity index (χ3n) is 3.45. The van der Waals surface area contributed by atoms with Crippen LogP contribution in [-0.2, 0) is 0 Å². The van der Waals surface area contributed by atoms with Gasteiger partial charge in [0.2, 0.25) is 0 Å². The number of hydrogen-bond acceptors (Lipinski definition) is 1. The average Bonchev–Trinajstić information content (AvgIpc) is 2.84. The van der Waals surface area contributed by atoms with E-state index in [0.717, 1.165) is 6.07 Å². The van der Waals surface area contributed by atoms with Gasteiger partial charge in [0, 0.05) is 11.5 Å². The Morgan fingerprint density at radius 1 is 1.00 bits per heavy atom. The van der Waals surface area contributed by atoms with E-state index in [0.29, 0.717) is 16.8 Å². The molecule has 0 aliphatic heterocycles. The number of fused-ring (bicyclic) bond motifs is 1. The zero-order chi connectivity index (χ0) is 17.5. The van der Waals surface area contributed by atoms with Crippen LogP contribution < -0.4 is 0 Å². The summed E-state index contributed by atoms with van der Waals surface area (Å²) in [4.78, 5) is 2.88. The van der Waals surface area contributed by atoms with Crippen LogP contribution in [0, 0.1) is 29.3 Å². The van der Waals surface area contributed by atoms with Crippen molar-refractivity contribution in [3.05, 3.63) is 59.4 Å².